The van der Waals surface area contributed by atoms with Gasteiger partial charge in [-0.15, -0.1) is 0 Å². The van der Waals surface area contributed by atoms with E-state index in [-0.39, 0.29) is 24.3 Å². The van der Waals surface area contributed by atoms with Gasteiger partial charge in [0.05, 0.1) is 42.5 Å². The minimum absolute atomic E-state index is 0.0387. The topological polar surface area (TPSA) is 71.0 Å². The van der Waals surface area contributed by atoms with E-state index in [1.165, 1.54) is 5.56 Å². The number of rotatable bonds is 4. The summed E-state index contributed by atoms with van der Waals surface area (Å²) < 4.78 is 11.8. The van der Waals surface area contributed by atoms with Gasteiger partial charge in [0.2, 0.25) is 0 Å². The Kier molecular flexibility index (Phi) is 5.32. The molecule has 4 fully saturated rings. The molecule has 1 spiro atoms. The van der Waals surface area contributed by atoms with Crippen LogP contribution in [-0.4, -0.2) is 83.4 Å². The zero-order valence-electron chi connectivity index (χ0n) is 20.3. The molecule has 2 aromatic carbocycles. The fraction of sp³-hybridized carbons (Fsp3) is 0.464. The number of carbonyl (C=O) groups excluding carboxylic acids is 1. The average molecular weight is 486 g/mol. The molecule has 2 atom stereocenters. The van der Waals surface area contributed by atoms with E-state index in [4.69, 9.17) is 14.5 Å². The van der Waals surface area contributed by atoms with Crippen LogP contribution in [-0.2, 0) is 16.0 Å². The number of aromatic nitrogens is 2. The molecule has 186 valence electrons. The summed E-state index contributed by atoms with van der Waals surface area (Å²) in [5.41, 5.74) is 3.47. The SMILES string of the molecule is O=C(OC1CC2(C1)CN(Cc1ccccc1)C2)N1CC2COCC(C1)N2c1cnc2ccccc2n1. The molecule has 0 radical (unpaired) electrons. The van der Waals surface area contributed by atoms with Crippen LogP contribution in [0.5, 0.6) is 0 Å². The van der Waals surface area contributed by atoms with Gasteiger partial charge in [-0.2, -0.15) is 0 Å². The molecule has 2 bridgehead atoms. The van der Waals surface area contributed by atoms with Crippen LogP contribution in [0.2, 0.25) is 0 Å². The second-order valence-corrected chi connectivity index (χ2v) is 10.9. The van der Waals surface area contributed by atoms with Gasteiger partial charge in [0.1, 0.15) is 11.9 Å². The Labute approximate surface area is 210 Å². The first-order valence-corrected chi connectivity index (χ1v) is 12.9. The number of anilines is 1. The lowest BCUT2D eigenvalue weighted by atomic mass is 9.61. The molecule has 1 amide bonds. The number of hydrogen-bond donors (Lipinski definition) is 0. The predicted molar refractivity (Wildman–Crippen MR) is 136 cm³/mol. The lowest BCUT2D eigenvalue weighted by molar-refractivity contribution is -0.137. The van der Waals surface area contributed by atoms with E-state index in [2.05, 4.69) is 45.1 Å². The number of amides is 1. The van der Waals surface area contributed by atoms with Gasteiger partial charge >= 0.3 is 6.09 Å². The second-order valence-electron chi connectivity index (χ2n) is 10.9. The van der Waals surface area contributed by atoms with Crippen molar-refractivity contribution in [1.29, 1.82) is 0 Å². The summed E-state index contributed by atoms with van der Waals surface area (Å²) in [4.78, 5) is 29.2. The van der Waals surface area contributed by atoms with Crippen molar-refractivity contribution in [3.63, 3.8) is 0 Å². The third-order valence-electron chi connectivity index (χ3n) is 8.18. The van der Waals surface area contributed by atoms with Gasteiger partial charge in [-0.25, -0.2) is 9.78 Å². The van der Waals surface area contributed by atoms with E-state index < -0.39 is 0 Å². The van der Waals surface area contributed by atoms with E-state index in [0.29, 0.717) is 31.7 Å². The van der Waals surface area contributed by atoms with Crippen LogP contribution in [0.3, 0.4) is 0 Å². The third kappa shape index (κ3) is 3.98. The average Bonchev–Trinajstić information content (AvgIpc) is 2.85. The zero-order chi connectivity index (χ0) is 24.1. The van der Waals surface area contributed by atoms with Gasteiger partial charge < -0.3 is 19.3 Å². The molecule has 8 heteroatoms. The van der Waals surface area contributed by atoms with E-state index in [0.717, 1.165) is 49.3 Å². The van der Waals surface area contributed by atoms with Crippen molar-refractivity contribution >= 4 is 22.9 Å². The summed E-state index contributed by atoms with van der Waals surface area (Å²) >= 11 is 0. The smallest absolute Gasteiger partial charge is 0.410 e. The Morgan fingerprint density at radius 3 is 2.42 bits per heavy atom. The van der Waals surface area contributed by atoms with Gasteiger partial charge in [-0.1, -0.05) is 42.5 Å². The number of hydrogen-bond acceptors (Lipinski definition) is 7. The summed E-state index contributed by atoms with van der Waals surface area (Å²) in [6, 6.07) is 18.6. The quantitative estimate of drug-likeness (QED) is 0.561. The number of ether oxygens (including phenoxy) is 2. The van der Waals surface area contributed by atoms with Crippen LogP contribution in [0.1, 0.15) is 18.4 Å². The molecule has 1 aromatic heterocycles. The van der Waals surface area contributed by atoms with E-state index in [1.807, 2.05) is 35.4 Å². The Hall–Kier alpha value is -3.23. The Morgan fingerprint density at radius 2 is 1.67 bits per heavy atom. The largest absolute Gasteiger partial charge is 0.446 e. The first kappa shape index (κ1) is 22.0. The molecule has 1 saturated carbocycles. The maximum Gasteiger partial charge on any atom is 0.410 e. The van der Waals surface area contributed by atoms with Crippen molar-refractivity contribution in [3.05, 3.63) is 66.4 Å². The minimum atomic E-state index is -0.184. The van der Waals surface area contributed by atoms with Crippen molar-refractivity contribution < 1.29 is 14.3 Å². The summed E-state index contributed by atoms with van der Waals surface area (Å²) in [6.07, 6.45) is 3.65. The highest BCUT2D eigenvalue weighted by atomic mass is 16.6. The van der Waals surface area contributed by atoms with Gasteiger partial charge in [0.15, 0.2) is 0 Å². The van der Waals surface area contributed by atoms with E-state index in [9.17, 15) is 4.79 Å². The van der Waals surface area contributed by atoms with Gasteiger partial charge in [0, 0.05) is 38.1 Å². The Balaban J connectivity index is 0.939. The monoisotopic (exact) mass is 485 g/mol. The number of fused-ring (bicyclic) bond motifs is 3. The van der Waals surface area contributed by atoms with Crippen molar-refractivity contribution in [1.82, 2.24) is 19.8 Å². The molecule has 4 heterocycles. The number of para-hydroxylation sites is 2. The molecular weight excluding hydrogens is 454 g/mol. The van der Waals surface area contributed by atoms with Crippen LogP contribution >= 0.6 is 0 Å². The van der Waals surface area contributed by atoms with Crippen LogP contribution in [0.4, 0.5) is 10.6 Å². The third-order valence-corrected chi connectivity index (χ3v) is 8.18. The number of piperazine rings is 1. The zero-order valence-corrected chi connectivity index (χ0v) is 20.3. The lowest BCUT2D eigenvalue weighted by Crippen LogP contribution is -2.67. The predicted octanol–water partition coefficient (Wildman–Crippen LogP) is 3.32. The second kappa shape index (κ2) is 8.71. The molecule has 2 unspecified atom stereocenters. The van der Waals surface area contributed by atoms with Crippen LogP contribution in [0, 0.1) is 5.41 Å². The number of morpholine rings is 1. The molecule has 3 aromatic rings. The van der Waals surface area contributed by atoms with Crippen molar-refractivity contribution in [3.8, 4) is 0 Å². The van der Waals surface area contributed by atoms with Gasteiger partial charge in [0.25, 0.3) is 0 Å². The fourth-order valence-corrected chi connectivity index (χ4v) is 6.58. The molecule has 36 heavy (non-hydrogen) atoms. The number of benzene rings is 2. The van der Waals surface area contributed by atoms with Crippen LogP contribution in [0.25, 0.3) is 11.0 Å². The van der Waals surface area contributed by atoms with Crippen molar-refractivity contribution in [2.75, 3.05) is 44.3 Å². The van der Waals surface area contributed by atoms with Crippen LogP contribution in [0.15, 0.2) is 60.8 Å². The molecular formula is C28H31N5O3. The normalized spacial score (nSPS) is 25.4. The molecule has 8 nitrogen and oxygen atoms in total. The number of nitrogens with zero attached hydrogens (tertiary/aromatic N) is 5. The number of likely N-dealkylation sites (tertiary alicyclic amines) is 1. The van der Waals surface area contributed by atoms with Crippen molar-refractivity contribution in [2.45, 2.75) is 37.6 Å². The number of carbonyl (C=O) groups is 1. The fourth-order valence-electron chi connectivity index (χ4n) is 6.58. The van der Waals surface area contributed by atoms with Gasteiger partial charge in [-0.05, 0) is 30.5 Å². The molecule has 4 aliphatic rings. The highest BCUT2D eigenvalue weighted by Gasteiger charge is 2.54. The van der Waals surface area contributed by atoms with Gasteiger partial charge in [-0.3, -0.25) is 9.88 Å². The summed E-state index contributed by atoms with van der Waals surface area (Å²) in [5, 5.41) is 0. The molecule has 1 aliphatic carbocycles. The summed E-state index contributed by atoms with van der Waals surface area (Å²) in [6.45, 7) is 5.49. The van der Waals surface area contributed by atoms with E-state index in [1.54, 1.807) is 0 Å². The standard InChI is InChI=1S/C28H31N5O3/c34-27(36-23-10-28(11-23)18-31(19-28)13-20-6-2-1-3-7-20)32-14-21-16-35-17-22(15-32)33(21)26-12-29-24-8-4-5-9-25(24)30-26/h1-9,12,21-23H,10-11,13-19H2. The highest BCUT2D eigenvalue weighted by molar-refractivity contribution is 5.75. The molecule has 7 rings (SSSR count). The lowest BCUT2D eigenvalue weighted by Gasteiger charge is -2.58. The Morgan fingerprint density at radius 1 is 0.972 bits per heavy atom. The minimum Gasteiger partial charge on any atom is -0.446 e. The highest BCUT2D eigenvalue weighted by Crippen LogP contribution is 2.50. The maximum absolute atomic E-state index is 13.1. The first-order valence-electron chi connectivity index (χ1n) is 12.9. The summed E-state index contributed by atoms with van der Waals surface area (Å²) in [5.74, 6) is 0.853. The van der Waals surface area contributed by atoms with E-state index >= 15 is 0 Å². The molecule has 3 saturated heterocycles. The Bertz CT molecular complexity index is 1240. The maximum atomic E-state index is 13.1. The van der Waals surface area contributed by atoms with Crippen molar-refractivity contribution in [2.24, 2.45) is 5.41 Å². The summed E-state index contributed by atoms with van der Waals surface area (Å²) in [7, 11) is 0. The van der Waals surface area contributed by atoms with Crippen LogP contribution < -0.4 is 4.90 Å². The first-order chi connectivity index (χ1) is 17.6. The molecule has 3 aliphatic heterocycles. The molecule has 0 N–H and O–H groups in total.